The molecule has 0 radical (unpaired) electrons. The van der Waals surface area contributed by atoms with Gasteiger partial charge in [-0.3, -0.25) is 4.68 Å². The molecular weight excluding hydrogens is 707 g/mol. The van der Waals surface area contributed by atoms with Crippen LogP contribution in [0.15, 0.2) is 72.9 Å². The zero-order valence-corrected chi connectivity index (χ0v) is 32.0. The Balaban J connectivity index is 0.00000432. The molecule has 0 atom stereocenters. The summed E-state index contributed by atoms with van der Waals surface area (Å²) >= 11 is 0. The number of nitrogens with zero attached hydrogens (tertiary/aromatic N) is 4. The maximum atomic E-state index is 6.53. The van der Waals surface area contributed by atoms with Gasteiger partial charge in [-0.25, -0.2) is 4.98 Å². The van der Waals surface area contributed by atoms with Crippen LogP contribution >= 0.6 is 0 Å². The fourth-order valence-electron chi connectivity index (χ4n) is 7.24. The van der Waals surface area contributed by atoms with Crippen LogP contribution in [0.2, 0.25) is 0 Å². The number of ether oxygens (including phenoxy) is 1. The Morgan fingerprint density at radius 3 is 2.14 bits per heavy atom. The predicted molar refractivity (Wildman–Crippen MR) is 202 cm³/mol. The van der Waals surface area contributed by atoms with Gasteiger partial charge in [0.2, 0.25) is 0 Å². The molecule has 0 aliphatic rings. The summed E-state index contributed by atoms with van der Waals surface area (Å²) in [4.78, 5) is 4.72. The minimum Gasteiger partial charge on any atom is -0.509 e. The number of pyridine rings is 1. The molecule has 50 heavy (non-hydrogen) atoms. The minimum atomic E-state index is 0. The zero-order valence-electron chi connectivity index (χ0n) is 30.4. The Hall–Kier alpha value is -4.50. The molecule has 0 aliphatic carbocycles. The van der Waals surface area contributed by atoms with Crippen LogP contribution in [0.5, 0.6) is 11.5 Å². The van der Waals surface area contributed by atoms with Crippen LogP contribution in [0.3, 0.4) is 0 Å². The van der Waals surface area contributed by atoms with Crippen molar-refractivity contribution in [1.29, 1.82) is 0 Å². The molecule has 5 nitrogen and oxygen atoms in total. The molecule has 4 aromatic carbocycles. The smallest absolute Gasteiger partial charge is 0.509 e. The molecule has 0 fully saturated rings. The second kappa shape index (κ2) is 14.0. The Morgan fingerprint density at radius 2 is 1.44 bits per heavy atom. The number of aryl methyl sites for hydroxylation is 1. The average Bonchev–Trinajstić information content (AvgIpc) is 3.63. The summed E-state index contributed by atoms with van der Waals surface area (Å²) in [6.07, 6.45) is 3.77. The van der Waals surface area contributed by atoms with Crippen molar-refractivity contribution in [2.75, 3.05) is 0 Å². The van der Waals surface area contributed by atoms with Crippen LogP contribution in [0.25, 0.3) is 44.4 Å². The van der Waals surface area contributed by atoms with E-state index in [0.717, 1.165) is 57.4 Å². The standard InChI is InChI=1S/C44H44N4O.Pd/c1-10-14-39-43(42-31(8)29(6)28(5)30(7)32(42)9)44(26(2)3)46-48(39)33-15-13-16-34(24-33)49-35-19-20-37-36-17-11-12-18-38(36)47(40(37)25-35)41-23-27(4)21-22-45-41;/h11-13,15-23,26H,10,14H2,1-9H3;/q-2;+2. The molecule has 0 amide bonds. The largest absolute Gasteiger partial charge is 2.00 e. The normalized spacial score (nSPS) is 11.5. The third-order valence-electron chi connectivity index (χ3n) is 10.2. The summed E-state index contributed by atoms with van der Waals surface area (Å²) < 4.78 is 10.8. The van der Waals surface area contributed by atoms with Crippen molar-refractivity contribution in [3.05, 3.63) is 130 Å². The van der Waals surface area contributed by atoms with E-state index in [9.17, 15) is 0 Å². The van der Waals surface area contributed by atoms with Crippen LogP contribution < -0.4 is 4.74 Å². The maximum absolute atomic E-state index is 6.53. The van der Waals surface area contributed by atoms with Gasteiger partial charge in [-0.15, -0.1) is 35.7 Å². The Morgan fingerprint density at radius 1 is 0.740 bits per heavy atom. The molecule has 7 rings (SSSR count). The van der Waals surface area contributed by atoms with Crippen molar-refractivity contribution < 1.29 is 25.2 Å². The van der Waals surface area contributed by atoms with Gasteiger partial charge < -0.3 is 9.30 Å². The van der Waals surface area contributed by atoms with Crippen molar-refractivity contribution in [2.45, 2.75) is 81.1 Å². The molecule has 0 N–H and O–H groups in total. The predicted octanol–water partition coefficient (Wildman–Crippen LogP) is 11.3. The average molecular weight is 751 g/mol. The van der Waals surface area contributed by atoms with E-state index in [1.807, 2.05) is 30.5 Å². The molecule has 6 heteroatoms. The van der Waals surface area contributed by atoms with E-state index in [2.05, 4.69) is 126 Å². The first-order valence-corrected chi connectivity index (χ1v) is 17.4. The summed E-state index contributed by atoms with van der Waals surface area (Å²) in [7, 11) is 0. The minimum absolute atomic E-state index is 0. The molecule has 0 bridgehead atoms. The number of fused-ring (bicyclic) bond motifs is 3. The molecule has 0 unspecified atom stereocenters. The third-order valence-corrected chi connectivity index (χ3v) is 10.2. The van der Waals surface area contributed by atoms with E-state index in [1.165, 1.54) is 44.6 Å². The molecule has 0 spiro atoms. The van der Waals surface area contributed by atoms with Crippen LogP contribution in [0.1, 0.15) is 77.9 Å². The third kappa shape index (κ3) is 5.99. The van der Waals surface area contributed by atoms with Gasteiger partial charge in [0.1, 0.15) is 5.82 Å². The van der Waals surface area contributed by atoms with Gasteiger partial charge in [0, 0.05) is 34.5 Å². The molecule has 3 heterocycles. The van der Waals surface area contributed by atoms with Gasteiger partial charge in [0.25, 0.3) is 0 Å². The molecule has 7 aromatic rings. The van der Waals surface area contributed by atoms with Gasteiger partial charge in [0.05, 0.1) is 5.69 Å². The molecule has 0 saturated carbocycles. The number of rotatable bonds is 8. The van der Waals surface area contributed by atoms with Crippen LogP contribution in [0.4, 0.5) is 0 Å². The molecule has 0 aliphatic heterocycles. The summed E-state index contributed by atoms with van der Waals surface area (Å²) in [5, 5.41) is 7.57. The van der Waals surface area contributed by atoms with Crippen LogP contribution in [-0.4, -0.2) is 19.3 Å². The summed E-state index contributed by atoms with van der Waals surface area (Å²) in [5.74, 6) is 2.34. The Kier molecular flexibility index (Phi) is 9.91. The Labute approximate surface area is 310 Å². The fraction of sp³-hybridized carbons (Fsp3) is 0.273. The van der Waals surface area contributed by atoms with E-state index in [4.69, 9.17) is 14.8 Å². The quantitative estimate of drug-likeness (QED) is 0.115. The molecule has 256 valence electrons. The van der Waals surface area contributed by atoms with Gasteiger partial charge in [0.15, 0.2) is 0 Å². The first-order valence-electron chi connectivity index (χ1n) is 17.4. The Bertz CT molecular complexity index is 2350. The van der Waals surface area contributed by atoms with E-state index in [1.54, 1.807) is 0 Å². The SMILES string of the molecule is CCCc1c(-c2c(C)c(C)c(C)c(C)c2C)c(C(C)C)nn1-c1[c-]c(Oc2[c-]c3c(cc2)c2ccccc2n3-c2cc(C)ccn2)ccc1.[Pd+2]. The maximum Gasteiger partial charge on any atom is 2.00 e. The van der Waals surface area contributed by atoms with Crippen molar-refractivity contribution in [1.82, 2.24) is 19.3 Å². The van der Waals surface area contributed by atoms with E-state index >= 15 is 0 Å². The molecule has 3 aromatic heterocycles. The number of hydrogen-bond acceptors (Lipinski definition) is 3. The van der Waals surface area contributed by atoms with Gasteiger partial charge >= 0.3 is 20.4 Å². The zero-order chi connectivity index (χ0) is 34.6. The number of aromatic nitrogens is 4. The van der Waals surface area contributed by atoms with Crippen molar-refractivity contribution >= 4 is 21.8 Å². The molecular formula is C44H44N4OPd. The summed E-state index contributed by atoms with van der Waals surface area (Å²) in [5.41, 5.74) is 15.7. The van der Waals surface area contributed by atoms with Crippen molar-refractivity contribution in [3.8, 4) is 34.1 Å². The second-order valence-corrected chi connectivity index (χ2v) is 13.7. The summed E-state index contributed by atoms with van der Waals surface area (Å²) in [6.45, 7) is 20.1. The van der Waals surface area contributed by atoms with Crippen LogP contribution in [-0.2, 0) is 26.8 Å². The fourth-order valence-corrected chi connectivity index (χ4v) is 7.24. The van der Waals surface area contributed by atoms with E-state index < -0.39 is 0 Å². The van der Waals surface area contributed by atoms with Gasteiger partial charge in [-0.05, 0) is 122 Å². The van der Waals surface area contributed by atoms with Gasteiger partial charge in [-0.2, -0.15) is 17.2 Å². The van der Waals surface area contributed by atoms with E-state index in [-0.39, 0.29) is 26.3 Å². The van der Waals surface area contributed by atoms with Crippen LogP contribution in [0, 0.1) is 53.7 Å². The van der Waals surface area contributed by atoms with Crippen molar-refractivity contribution in [3.63, 3.8) is 0 Å². The summed E-state index contributed by atoms with van der Waals surface area (Å²) in [6, 6.07) is 29.8. The number of hydrogen-bond donors (Lipinski definition) is 0. The van der Waals surface area contributed by atoms with E-state index in [0.29, 0.717) is 11.5 Å². The topological polar surface area (TPSA) is 44.9 Å². The first-order chi connectivity index (χ1) is 23.6. The monoisotopic (exact) mass is 750 g/mol. The molecule has 0 saturated heterocycles. The first kappa shape index (κ1) is 35.3. The number of para-hydroxylation sites is 1. The second-order valence-electron chi connectivity index (χ2n) is 13.7. The number of benzene rings is 4. The van der Waals surface area contributed by atoms with Gasteiger partial charge in [-0.1, -0.05) is 50.9 Å². The van der Waals surface area contributed by atoms with Crippen molar-refractivity contribution in [2.24, 2.45) is 0 Å².